The van der Waals surface area contributed by atoms with E-state index in [0.29, 0.717) is 5.02 Å². The molecule has 0 fully saturated rings. The Hall–Kier alpha value is -1.35. The number of hydrogen-bond acceptors (Lipinski definition) is 2. The van der Waals surface area contributed by atoms with Crippen LogP contribution in [0.3, 0.4) is 0 Å². The van der Waals surface area contributed by atoms with Crippen molar-refractivity contribution in [3.05, 3.63) is 39.4 Å². The molecule has 0 amide bonds. The van der Waals surface area contributed by atoms with Gasteiger partial charge in [0.25, 0.3) is 0 Å². The number of hydrogen-bond donors (Lipinski definition) is 1. The fourth-order valence-electron chi connectivity index (χ4n) is 2.54. The molecular weight excluding hydrogens is 224 g/mol. The lowest BCUT2D eigenvalue weighted by molar-refractivity contribution is 0.568. The molecule has 1 aliphatic rings. The molecule has 0 radical (unpaired) electrons. The van der Waals surface area contributed by atoms with Crippen molar-refractivity contribution < 1.29 is 0 Å². The summed E-state index contributed by atoms with van der Waals surface area (Å²) in [6, 6.07) is 5.51. The third kappa shape index (κ3) is 1.35. The zero-order valence-corrected chi connectivity index (χ0v) is 9.42. The van der Waals surface area contributed by atoms with Gasteiger partial charge in [-0.15, -0.1) is 0 Å². The largest absolute Gasteiger partial charge is 0.358 e. The summed E-state index contributed by atoms with van der Waals surface area (Å²) in [5.74, 6) is 0. The van der Waals surface area contributed by atoms with Crippen LogP contribution < -0.4 is 0 Å². The summed E-state index contributed by atoms with van der Waals surface area (Å²) in [5, 5.41) is 4.97. The first-order valence-corrected chi connectivity index (χ1v) is 5.80. The van der Waals surface area contributed by atoms with Crippen molar-refractivity contribution in [2.45, 2.75) is 25.3 Å². The number of aromatic amines is 1. The van der Waals surface area contributed by atoms with E-state index in [9.17, 15) is 4.91 Å². The van der Waals surface area contributed by atoms with E-state index in [-0.39, 0.29) is 6.04 Å². The van der Waals surface area contributed by atoms with Gasteiger partial charge in [0.2, 0.25) is 0 Å². The molecule has 16 heavy (non-hydrogen) atoms. The van der Waals surface area contributed by atoms with E-state index in [0.717, 1.165) is 41.4 Å². The summed E-state index contributed by atoms with van der Waals surface area (Å²) in [6.45, 7) is 0. The molecule has 1 N–H and O–H groups in total. The van der Waals surface area contributed by atoms with Crippen molar-refractivity contribution in [2.75, 3.05) is 0 Å². The average molecular weight is 235 g/mol. The van der Waals surface area contributed by atoms with Crippen LogP contribution in [0, 0.1) is 4.91 Å². The van der Waals surface area contributed by atoms with Crippen molar-refractivity contribution in [2.24, 2.45) is 5.18 Å². The van der Waals surface area contributed by atoms with Crippen LogP contribution in [-0.2, 0) is 6.42 Å². The molecule has 3 nitrogen and oxygen atoms in total. The van der Waals surface area contributed by atoms with Gasteiger partial charge in [-0.1, -0.05) is 16.8 Å². The van der Waals surface area contributed by atoms with Gasteiger partial charge >= 0.3 is 0 Å². The first-order valence-electron chi connectivity index (χ1n) is 5.42. The third-order valence-electron chi connectivity index (χ3n) is 3.25. The lowest BCUT2D eigenvalue weighted by atomic mass is 9.91. The minimum absolute atomic E-state index is 0.212. The first-order chi connectivity index (χ1) is 7.79. The van der Waals surface area contributed by atoms with Gasteiger partial charge in [-0.2, -0.15) is 4.91 Å². The van der Waals surface area contributed by atoms with Gasteiger partial charge in [0.05, 0.1) is 0 Å². The predicted molar refractivity (Wildman–Crippen MR) is 64.8 cm³/mol. The van der Waals surface area contributed by atoms with Gasteiger partial charge < -0.3 is 4.98 Å². The maximum atomic E-state index is 10.9. The van der Waals surface area contributed by atoms with Crippen LogP contribution >= 0.6 is 11.6 Å². The molecule has 0 bridgehead atoms. The molecule has 1 aliphatic carbocycles. The second-order valence-electron chi connectivity index (χ2n) is 4.22. The number of nitrogens with one attached hydrogen (secondary N) is 1. The Morgan fingerprint density at radius 2 is 2.31 bits per heavy atom. The zero-order valence-electron chi connectivity index (χ0n) is 8.66. The molecule has 0 saturated carbocycles. The van der Waals surface area contributed by atoms with Crippen molar-refractivity contribution in [3.8, 4) is 0 Å². The van der Waals surface area contributed by atoms with Gasteiger partial charge in [-0.3, -0.25) is 0 Å². The maximum Gasteiger partial charge on any atom is 0.119 e. The van der Waals surface area contributed by atoms with E-state index in [1.807, 2.05) is 18.2 Å². The highest BCUT2D eigenvalue weighted by Gasteiger charge is 2.25. The van der Waals surface area contributed by atoms with E-state index in [1.165, 1.54) is 0 Å². The van der Waals surface area contributed by atoms with Crippen LogP contribution in [0.4, 0.5) is 0 Å². The zero-order chi connectivity index (χ0) is 11.1. The molecule has 1 heterocycles. The Labute approximate surface area is 97.8 Å². The number of benzene rings is 1. The summed E-state index contributed by atoms with van der Waals surface area (Å²) in [7, 11) is 0. The van der Waals surface area contributed by atoms with Crippen LogP contribution in [0.15, 0.2) is 23.4 Å². The Kier molecular flexibility index (Phi) is 2.21. The summed E-state index contributed by atoms with van der Waals surface area (Å²) in [5.41, 5.74) is 3.25. The third-order valence-corrected chi connectivity index (χ3v) is 3.48. The molecule has 1 aromatic carbocycles. The lowest BCUT2D eigenvalue weighted by Crippen LogP contribution is -2.05. The Morgan fingerprint density at radius 1 is 1.44 bits per heavy atom. The number of fused-ring (bicyclic) bond motifs is 3. The Morgan fingerprint density at radius 3 is 3.12 bits per heavy atom. The standard InChI is InChI=1S/C12H11ClN2O/c13-7-4-5-9-8(6-7)12-10(14-9)2-1-3-11(12)15-16/h4-6,11,14H,1-3H2. The van der Waals surface area contributed by atoms with E-state index < -0.39 is 0 Å². The number of rotatable bonds is 1. The highest BCUT2D eigenvalue weighted by atomic mass is 35.5. The van der Waals surface area contributed by atoms with Gasteiger partial charge in [-0.05, 0) is 37.5 Å². The van der Waals surface area contributed by atoms with Gasteiger partial charge in [0.15, 0.2) is 0 Å². The topological polar surface area (TPSA) is 45.2 Å². The smallest absolute Gasteiger partial charge is 0.119 e. The fourth-order valence-corrected chi connectivity index (χ4v) is 2.71. The van der Waals surface area contributed by atoms with E-state index >= 15 is 0 Å². The van der Waals surface area contributed by atoms with E-state index in [4.69, 9.17) is 11.6 Å². The fraction of sp³-hybridized carbons (Fsp3) is 0.333. The summed E-state index contributed by atoms with van der Waals surface area (Å²) >= 11 is 5.99. The van der Waals surface area contributed by atoms with Gasteiger partial charge in [0, 0.05) is 27.2 Å². The van der Waals surface area contributed by atoms with Crippen LogP contribution in [0.1, 0.15) is 30.1 Å². The molecule has 2 aromatic rings. The first kappa shape index (κ1) is 9.85. The summed E-state index contributed by atoms with van der Waals surface area (Å²) < 4.78 is 0. The summed E-state index contributed by atoms with van der Waals surface area (Å²) in [4.78, 5) is 14.2. The molecule has 0 aliphatic heterocycles. The molecule has 0 spiro atoms. The van der Waals surface area contributed by atoms with Crippen molar-refractivity contribution in [3.63, 3.8) is 0 Å². The molecule has 3 rings (SSSR count). The SMILES string of the molecule is O=NC1CCCc2[nH]c3ccc(Cl)cc3c21. The number of H-pyrrole nitrogens is 1. The molecule has 1 aromatic heterocycles. The molecule has 1 atom stereocenters. The quantitative estimate of drug-likeness (QED) is 0.746. The van der Waals surface area contributed by atoms with E-state index in [2.05, 4.69) is 10.2 Å². The molecule has 0 saturated heterocycles. The highest BCUT2D eigenvalue weighted by Crippen LogP contribution is 2.38. The van der Waals surface area contributed by atoms with E-state index in [1.54, 1.807) is 0 Å². The number of nitroso groups, excluding NO2 is 1. The van der Waals surface area contributed by atoms with Gasteiger partial charge in [0.1, 0.15) is 6.04 Å². The minimum Gasteiger partial charge on any atom is -0.358 e. The van der Waals surface area contributed by atoms with Crippen molar-refractivity contribution in [1.82, 2.24) is 4.98 Å². The second-order valence-corrected chi connectivity index (χ2v) is 4.66. The average Bonchev–Trinajstić information content (AvgIpc) is 2.66. The number of aryl methyl sites for hydroxylation is 1. The number of nitrogens with zero attached hydrogens (tertiary/aromatic N) is 1. The van der Waals surface area contributed by atoms with Crippen molar-refractivity contribution in [1.29, 1.82) is 0 Å². The second kappa shape index (κ2) is 3.59. The van der Waals surface area contributed by atoms with Crippen molar-refractivity contribution >= 4 is 22.5 Å². The highest BCUT2D eigenvalue weighted by molar-refractivity contribution is 6.31. The minimum atomic E-state index is -0.212. The summed E-state index contributed by atoms with van der Waals surface area (Å²) in [6.07, 6.45) is 2.85. The normalized spacial score (nSPS) is 19.7. The van der Waals surface area contributed by atoms with Crippen LogP contribution in [0.5, 0.6) is 0 Å². The number of aromatic nitrogens is 1. The van der Waals surface area contributed by atoms with Crippen LogP contribution in [0.2, 0.25) is 5.02 Å². The molecule has 1 unspecified atom stereocenters. The molecular formula is C12H11ClN2O. The molecule has 82 valence electrons. The lowest BCUT2D eigenvalue weighted by Gasteiger charge is -2.16. The monoisotopic (exact) mass is 234 g/mol. The van der Waals surface area contributed by atoms with Gasteiger partial charge in [-0.25, -0.2) is 0 Å². The molecule has 4 heteroatoms. The Balaban J connectivity index is 2.31. The van der Waals surface area contributed by atoms with Crippen LogP contribution in [-0.4, -0.2) is 4.98 Å². The van der Waals surface area contributed by atoms with Crippen LogP contribution in [0.25, 0.3) is 10.9 Å². The maximum absolute atomic E-state index is 10.9. The predicted octanol–water partition coefficient (Wildman–Crippen LogP) is 3.97. The Bertz CT molecular complexity index is 561. The number of halogens is 1.